The number of anilines is 1. The smallest absolute Gasteiger partial charge is 0.352 e. The Morgan fingerprint density at radius 2 is 2.17 bits per heavy atom. The number of nitrogens with zero attached hydrogens (tertiary/aromatic N) is 4. The van der Waals surface area contributed by atoms with Crippen LogP contribution in [0.15, 0.2) is 27.3 Å². The van der Waals surface area contributed by atoms with Gasteiger partial charge in [0.25, 0.3) is 11.8 Å². The molecule has 1 saturated heterocycles. The highest BCUT2D eigenvalue weighted by Gasteiger charge is 2.55. The Hall–Kier alpha value is -2.97. The molecule has 0 radical (unpaired) electrons. The lowest BCUT2D eigenvalue weighted by atomic mass is 10.0. The Morgan fingerprint density at radius 1 is 1.37 bits per heavy atom. The molecule has 1 aliphatic carbocycles. The van der Waals surface area contributed by atoms with Crippen molar-refractivity contribution in [2.24, 2.45) is 5.16 Å². The van der Waals surface area contributed by atoms with Crippen LogP contribution in [-0.4, -0.2) is 62.8 Å². The number of fused-ring (bicyclic) bond motifs is 2. The molecule has 35 heavy (non-hydrogen) atoms. The Balaban J connectivity index is 1.35. The fraction of sp³-hybridized carbons (Fsp3) is 0.429. The second-order valence-electron chi connectivity index (χ2n) is 8.24. The van der Waals surface area contributed by atoms with Gasteiger partial charge in [0.2, 0.25) is 5.51 Å². The number of hydrogen-bond donors (Lipinski definition) is 3. The number of aromatic nitrogens is 2. The second kappa shape index (κ2) is 9.59. The van der Waals surface area contributed by atoms with Gasteiger partial charge < -0.3 is 21.0 Å². The van der Waals surface area contributed by atoms with Gasteiger partial charge in [-0.1, -0.05) is 16.5 Å². The molecule has 4 N–H and O–H groups in total. The summed E-state index contributed by atoms with van der Waals surface area (Å²) in [6.07, 6.45) is 4.34. The molecule has 5 rings (SSSR count). The molecule has 11 nitrogen and oxygen atoms in total. The number of aryl methyl sites for hydroxylation is 1. The number of nitrogen functional groups attached to an aromatic ring is 1. The zero-order chi connectivity index (χ0) is 24.7. The number of carboxylic acids is 1. The molecule has 14 heteroatoms. The zero-order valence-electron chi connectivity index (χ0n) is 18.7. The van der Waals surface area contributed by atoms with E-state index < -0.39 is 29.2 Å². The molecule has 184 valence electrons. The molecule has 0 unspecified atom stereocenters. The lowest BCUT2D eigenvalue weighted by molar-refractivity contribution is -0.692. The highest BCUT2D eigenvalue weighted by Crippen LogP contribution is 2.40. The average molecular weight is 536 g/mol. The van der Waals surface area contributed by atoms with Crippen LogP contribution in [0.1, 0.15) is 29.1 Å². The molecule has 0 bridgehead atoms. The number of β-lactam (4-membered cyclic amide) rings is 1. The molecular formula is C21H23N6O5S3+. The summed E-state index contributed by atoms with van der Waals surface area (Å²) >= 11 is 4.28. The van der Waals surface area contributed by atoms with E-state index in [1.165, 1.54) is 40.8 Å². The van der Waals surface area contributed by atoms with E-state index in [2.05, 4.69) is 20.0 Å². The lowest BCUT2D eigenvalue weighted by Gasteiger charge is -2.49. The van der Waals surface area contributed by atoms with Crippen molar-refractivity contribution in [3.8, 4) is 0 Å². The van der Waals surface area contributed by atoms with Crippen molar-refractivity contribution in [2.75, 3.05) is 18.6 Å². The molecule has 2 atom stereocenters. The average Bonchev–Trinajstić information content (AvgIpc) is 3.46. The molecule has 3 aliphatic rings. The van der Waals surface area contributed by atoms with Crippen molar-refractivity contribution in [1.29, 1.82) is 0 Å². The van der Waals surface area contributed by atoms with Crippen LogP contribution < -0.4 is 15.6 Å². The van der Waals surface area contributed by atoms with Crippen LogP contribution in [-0.2, 0) is 38.6 Å². The SMILES string of the molecule is CO/N=C(\C(=O)N[C@@H]1C(=O)N2C(C(=O)O)=C(C[n+]3csc4c3CCCC4)CS[C@@H]12)c1csc(N)n1. The lowest BCUT2D eigenvalue weighted by Crippen LogP contribution is -2.71. The second-order valence-corrected chi connectivity index (χ2v) is 11.2. The summed E-state index contributed by atoms with van der Waals surface area (Å²) in [5.74, 6) is -1.82. The van der Waals surface area contributed by atoms with Gasteiger partial charge in [-0.2, -0.15) is 4.57 Å². The number of aliphatic carboxylic acids is 1. The van der Waals surface area contributed by atoms with Gasteiger partial charge in [-0.05, 0) is 19.3 Å². The molecule has 2 aromatic heterocycles. The van der Waals surface area contributed by atoms with Crippen molar-refractivity contribution >= 4 is 63.1 Å². The maximum absolute atomic E-state index is 13.0. The normalized spacial score (nSPS) is 21.8. The van der Waals surface area contributed by atoms with Crippen molar-refractivity contribution < 1.29 is 28.9 Å². The predicted octanol–water partition coefficient (Wildman–Crippen LogP) is 0.742. The van der Waals surface area contributed by atoms with E-state index >= 15 is 0 Å². The summed E-state index contributed by atoms with van der Waals surface area (Å²) in [4.78, 5) is 49.6. The summed E-state index contributed by atoms with van der Waals surface area (Å²) in [5.41, 5.74) is 9.78. The van der Waals surface area contributed by atoms with Gasteiger partial charge in [0.05, 0.1) is 4.88 Å². The summed E-state index contributed by atoms with van der Waals surface area (Å²) in [7, 11) is 1.30. The summed E-state index contributed by atoms with van der Waals surface area (Å²) in [6.45, 7) is 0.434. The zero-order valence-corrected chi connectivity index (χ0v) is 21.2. The van der Waals surface area contributed by atoms with E-state index in [1.54, 1.807) is 16.7 Å². The largest absolute Gasteiger partial charge is 0.477 e. The maximum Gasteiger partial charge on any atom is 0.352 e. The number of nitrogens with two attached hydrogens (primary N) is 1. The van der Waals surface area contributed by atoms with Crippen molar-refractivity contribution in [1.82, 2.24) is 15.2 Å². The number of rotatable bonds is 7. The number of amides is 2. The first kappa shape index (κ1) is 23.8. The molecular weight excluding hydrogens is 512 g/mol. The number of oxime groups is 1. The molecule has 0 saturated carbocycles. The Bertz CT molecular complexity index is 1270. The number of hydrogen-bond acceptors (Lipinski definition) is 10. The standard InChI is InChI=1S/C21H22N6O5S3/c1-32-25-14(11-8-34-21(22)23-11)17(28)24-15-18(29)27-16(20(30)31)10(7-33-19(15)27)6-26-9-35-13-5-3-2-4-12(13)26/h8-9,15,19H,2-7H2,1H3,(H3-,22,23,24,28,30,31)/p+1/b25-14-/t15-,19+/m1/s1. The summed E-state index contributed by atoms with van der Waals surface area (Å²) < 4.78 is 2.12. The van der Waals surface area contributed by atoms with Crippen LogP contribution in [0.25, 0.3) is 0 Å². The molecule has 2 aromatic rings. The predicted molar refractivity (Wildman–Crippen MR) is 131 cm³/mol. The van der Waals surface area contributed by atoms with Crippen LogP contribution in [0.2, 0.25) is 0 Å². The minimum atomic E-state index is -1.15. The third-order valence-corrected chi connectivity index (χ3v) is 9.22. The van der Waals surface area contributed by atoms with Gasteiger partial charge >= 0.3 is 5.97 Å². The van der Waals surface area contributed by atoms with E-state index in [0.717, 1.165) is 30.6 Å². The fourth-order valence-electron chi connectivity index (χ4n) is 4.53. The quantitative estimate of drug-likeness (QED) is 0.203. The number of carbonyl (C=O) groups excluding carboxylic acids is 2. The van der Waals surface area contributed by atoms with Crippen LogP contribution in [0.3, 0.4) is 0 Å². The molecule has 0 spiro atoms. The molecule has 2 amide bonds. The maximum atomic E-state index is 13.0. The van der Waals surface area contributed by atoms with Gasteiger partial charge in [-0.15, -0.1) is 23.1 Å². The van der Waals surface area contributed by atoms with Crippen LogP contribution in [0, 0.1) is 0 Å². The Kier molecular flexibility index (Phi) is 6.51. The van der Waals surface area contributed by atoms with Gasteiger partial charge in [-0.25, -0.2) is 9.78 Å². The highest BCUT2D eigenvalue weighted by atomic mass is 32.2. The van der Waals surface area contributed by atoms with Crippen molar-refractivity contribution in [3.05, 3.63) is 38.4 Å². The minimum Gasteiger partial charge on any atom is -0.477 e. The monoisotopic (exact) mass is 535 g/mol. The number of thioether (sulfide) groups is 1. The van der Waals surface area contributed by atoms with Crippen LogP contribution in [0.5, 0.6) is 0 Å². The topological polar surface area (TPSA) is 151 Å². The highest BCUT2D eigenvalue weighted by molar-refractivity contribution is 8.00. The summed E-state index contributed by atoms with van der Waals surface area (Å²) in [6, 6.07) is -0.886. The van der Waals surface area contributed by atoms with E-state index in [9.17, 15) is 19.5 Å². The fourth-order valence-corrected chi connectivity index (χ4v) is 7.49. The first-order chi connectivity index (χ1) is 16.9. The van der Waals surface area contributed by atoms with E-state index in [-0.39, 0.29) is 22.2 Å². The van der Waals surface area contributed by atoms with Gasteiger partial charge in [0, 0.05) is 23.1 Å². The van der Waals surface area contributed by atoms with E-state index in [4.69, 9.17) is 10.6 Å². The summed E-state index contributed by atoms with van der Waals surface area (Å²) in [5, 5.41) is 17.7. The Morgan fingerprint density at radius 3 is 2.89 bits per heavy atom. The molecule has 4 heterocycles. The minimum absolute atomic E-state index is 0.00515. The van der Waals surface area contributed by atoms with E-state index in [1.807, 2.05) is 5.51 Å². The van der Waals surface area contributed by atoms with Crippen LogP contribution in [0.4, 0.5) is 5.13 Å². The first-order valence-corrected chi connectivity index (χ1v) is 13.7. The van der Waals surface area contributed by atoms with Gasteiger partial charge in [0.1, 0.15) is 29.9 Å². The third kappa shape index (κ3) is 4.29. The number of carbonyl (C=O) groups is 3. The van der Waals surface area contributed by atoms with Crippen molar-refractivity contribution in [3.63, 3.8) is 0 Å². The molecule has 2 aliphatic heterocycles. The molecule has 0 aromatic carbocycles. The number of thiazole rings is 2. The number of nitrogens with one attached hydrogen (secondary N) is 1. The van der Waals surface area contributed by atoms with E-state index in [0.29, 0.717) is 17.9 Å². The first-order valence-electron chi connectivity index (χ1n) is 10.9. The van der Waals surface area contributed by atoms with Gasteiger partial charge in [0.15, 0.2) is 23.1 Å². The third-order valence-electron chi connectivity index (χ3n) is 6.12. The Labute approximate surface area is 212 Å². The molecule has 1 fully saturated rings. The van der Waals surface area contributed by atoms with Gasteiger partial charge in [-0.3, -0.25) is 14.5 Å². The van der Waals surface area contributed by atoms with Crippen LogP contribution >= 0.6 is 34.4 Å². The van der Waals surface area contributed by atoms with Crippen molar-refractivity contribution in [2.45, 2.75) is 43.6 Å². The number of carboxylic acid groups (broad SMARTS) is 1.